The average Bonchev–Trinajstić information content (AvgIpc) is 2.68. The zero-order valence-corrected chi connectivity index (χ0v) is 16.8. The molecule has 0 saturated heterocycles. The molecule has 0 aromatic heterocycles. The summed E-state index contributed by atoms with van der Waals surface area (Å²) in [7, 11) is 0. The lowest BCUT2D eigenvalue weighted by atomic mass is 10.1. The molecule has 146 valence electrons. The van der Waals surface area contributed by atoms with Gasteiger partial charge in [0.15, 0.2) is 11.5 Å². The van der Waals surface area contributed by atoms with Crippen LogP contribution >= 0.6 is 11.6 Å². The quantitative estimate of drug-likeness (QED) is 0.461. The fourth-order valence-corrected chi connectivity index (χ4v) is 3.04. The van der Waals surface area contributed by atoms with E-state index in [0.717, 1.165) is 16.8 Å². The van der Waals surface area contributed by atoms with Crippen LogP contribution in [0.25, 0.3) is 0 Å². The molecule has 5 heteroatoms. The molecule has 0 bridgehead atoms. The number of anilines is 1. The van der Waals surface area contributed by atoms with Gasteiger partial charge in [0.2, 0.25) is 0 Å². The van der Waals surface area contributed by atoms with Crippen LogP contribution < -0.4 is 14.8 Å². The number of ether oxygens (including phenoxy) is 2. The van der Waals surface area contributed by atoms with Crippen LogP contribution in [0.3, 0.4) is 0 Å². The number of rotatable bonds is 8. The Labute approximate surface area is 170 Å². The maximum atomic E-state index is 9.38. The van der Waals surface area contributed by atoms with E-state index >= 15 is 0 Å². The van der Waals surface area contributed by atoms with Crippen molar-refractivity contribution in [1.29, 1.82) is 0 Å². The third-order valence-corrected chi connectivity index (χ3v) is 4.52. The van der Waals surface area contributed by atoms with E-state index in [9.17, 15) is 5.11 Å². The first-order chi connectivity index (χ1) is 13.5. The summed E-state index contributed by atoms with van der Waals surface area (Å²) in [6.07, 6.45) is 0. The number of hydrogen-bond donors (Lipinski definition) is 2. The van der Waals surface area contributed by atoms with Crippen molar-refractivity contribution in [2.24, 2.45) is 0 Å². The Morgan fingerprint density at radius 2 is 1.64 bits per heavy atom. The summed E-state index contributed by atoms with van der Waals surface area (Å²) in [4.78, 5) is 0. The Morgan fingerprint density at radius 1 is 0.929 bits per heavy atom. The second-order valence-corrected chi connectivity index (χ2v) is 6.92. The van der Waals surface area contributed by atoms with Crippen molar-refractivity contribution in [2.75, 3.05) is 11.9 Å². The minimum atomic E-state index is 0.238. The van der Waals surface area contributed by atoms with Crippen LogP contribution in [-0.2, 0) is 13.2 Å². The lowest BCUT2D eigenvalue weighted by Crippen LogP contribution is -2.04. The van der Waals surface area contributed by atoms with Crippen LogP contribution in [0.2, 0.25) is 5.02 Å². The lowest BCUT2D eigenvalue weighted by Gasteiger charge is -2.16. The van der Waals surface area contributed by atoms with E-state index in [2.05, 4.69) is 24.4 Å². The number of aromatic hydroxyl groups is 1. The summed E-state index contributed by atoms with van der Waals surface area (Å²) in [5.41, 5.74) is 4.17. The molecule has 2 N–H and O–H groups in total. The fraction of sp³-hybridized carbons (Fsp3) is 0.217. The Morgan fingerprint density at radius 3 is 2.32 bits per heavy atom. The van der Waals surface area contributed by atoms with Gasteiger partial charge in [-0.05, 0) is 61.4 Å². The molecular formula is C23H24ClNO3. The molecule has 0 spiro atoms. The molecule has 0 atom stereocenters. The van der Waals surface area contributed by atoms with Crippen molar-refractivity contribution in [3.05, 3.63) is 82.4 Å². The van der Waals surface area contributed by atoms with Crippen molar-refractivity contribution in [2.45, 2.75) is 27.0 Å². The number of phenols is 1. The van der Waals surface area contributed by atoms with Gasteiger partial charge in [0.25, 0.3) is 0 Å². The van der Waals surface area contributed by atoms with Gasteiger partial charge in [-0.25, -0.2) is 0 Å². The highest BCUT2D eigenvalue weighted by Crippen LogP contribution is 2.37. The third kappa shape index (κ3) is 5.33. The number of aryl methyl sites for hydroxylation is 1. The molecule has 0 aliphatic carbocycles. The van der Waals surface area contributed by atoms with Gasteiger partial charge < -0.3 is 19.9 Å². The van der Waals surface area contributed by atoms with Gasteiger partial charge in [-0.1, -0.05) is 41.4 Å². The van der Waals surface area contributed by atoms with Crippen LogP contribution in [-0.4, -0.2) is 11.7 Å². The van der Waals surface area contributed by atoms with E-state index in [0.29, 0.717) is 36.3 Å². The Bertz CT molecular complexity index is 908. The van der Waals surface area contributed by atoms with Crippen molar-refractivity contribution in [3.8, 4) is 17.2 Å². The summed E-state index contributed by atoms with van der Waals surface area (Å²) >= 11 is 6.50. The monoisotopic (exact) mass is 397 g/mol. The summed E-state index contributed by atoms with van der Waals surface area (Å²) in [6, 6.07) is 18.9. The molecule has 28 heavy (non-hydrogen) atoms. The van der Waals surface area contributed by atoms with Gasteiger partial charge in [-0.2, -0.15) is 0 Å². The topological polar surface area (TPSA) is 50.7 Å². The van der Waals surface area contributed by atoms with Crippen LogP contribution in [0.5, 0.6) is 17.2 Å². The second-order valence-electron chi connectivity index (χ2n) is 6.51. The molecule has 3 aromatic carbocycles. The highest BCUT2D eigenvalue weighted by molar-refractivity contribution is 6.32. The van der Waals surface area contributed by atoms with Crippen LogP contribution in [0.4, 0.5) is 5.69 Å². The minimum absolute atomic E-state index is 0.238. The van der Waals surface area contributed by atoms with Crippen molar-refractivity contribution < 1.29 is 14.6 Å². The van der Waals surface area contributed by atoms with Gasteiger partial charge in [0.05, 0.1) is 11.6 Å². The lowest BCUT2D eigenvalue weighted by molar-refractivity contribution is 0.269. The second kappa shape index (κ2) is 9.38. The highest BCUT2D eigenvalue weighted by atomic mass is 35.5. The molecule has 0 fully saturated rings. The van der Waals surface area contributed by atoms with E-state index in [4.69, 9.17) is 21.1 Å². The predicted octanol–water partition coefficient (Wildman–Crippen LogP) is 5.94. The fourth-order valence-electron chi connectivity index (χ4n) is 2.75. The maximum Gasteiger partial charge on any atom is 0.180 e. The number of nitrogens with one attached hydrogen (secondary N) is 1. The first kappa shape index (κ1) is 19.9. The average molecular weight is 398 g/mol. The third-order valence-electron chi connectivity index (χ3n) is 4.24. The van der Waals surface area contributed by atoms with Gasteiger partial charge in [0, 0.05) is 12.2 Å². The van der Waals surface area contributed by atoms with Crippen molar-refractivity contribution in [3.63, 3.8) is 0 Å². The van der Waals surface area contributed by atoms with Gasteiger partial charge in [-0.15, -0.1) is 0 Å². The molecule has 3 aromatic rings. The summed E-state index contributed by atoms with van der Waals surface area (Å²) < 4.78 is 11.7. The van der Waals surface area contributed by atoms with E-state index in [1.807, 2.05) is 43.3 Å². The molecule has 0 radical (unpaired) electrons. The number of halogens is 1. The summed E-state index contributed by atoms with van der Waals surface area (Å²) in [6.45, 7) is 5.50. The normalized spacial score (nSPS) is 10.5. The van der Waals surface area contributed by atoms with E-state index in [1.165, 1.54) is 5.56 Å². The molecular weight excluding hydrogens is 374 g/mol. The van der Waals surface area contributed by atoms with Gasteiger partial charge >= 0.3 is 0 Å². The highest BCUT2D eigenvalue weighted by Gasteiger charge is 2.13. The minimum Gasteiger partial charge on any atom is -0.508 e. The number of phenolic OH excluding ortho intramolecular Hbond substituents is 1. The molecule has 0 unspecified atom stereocenters. The SMILES string of the molecule is CCOc1cc(CNc2ccc(O)cc2)cc(Cl)c1OCc1ccc(C)cc1. The number of benzene rings is 3. The molecule has 0 amide bonds. The summed E-state index contributed by atoms with van der Waals surface area (Å²) in [5.74, 6) is 1.42. The number of hydrogen-bond acceptors (Lipinski definition) is 4. The smallest absolute Gasteiger partial charge is 0.180 e. The molecule has 3 rings (SSSR count). The van der Waals surface area contributed by atoms with E-state index in [-0.39, 0.29) is 5.75 Å². The Balaban J connectivity index is 1.73. The zero-order valence-electron chi connectivity index (χ0n) is 16.0. The van der Waals surface area contributed by atoms with Gasteiger partial charge in [0.1, 0.15) is 12.4 Å². The maximum absolute atomic E-state index is 9.38. The van der Waals surface area contributed by atoms with Crippen molar-refractivity contribution in [1.82, 2.24) is 0 Å². The van der Waals surface area contributed by atoms with Crippen LogP contribution in [0, 0.1) is 6.92 Å². The molecule has 0 aliphatic rings. The van der Waals surface area contributed by atoms with E-state index in [1.54, 1.807) is 12.1 Å². The standard InChI is InChI=1S/C23H24ClNO3/c1-3-27-22-13-18(14-25-19-8-10-20(26)11-9-19)12-21(24)23(22)28-15-17-6-4-16(2)5-7-17/h4-13,25-26H,3,14-15H2,1-2H3. The predicted molar refractivity (Wildman–Crippen MR) is 114 cm³/mol. The van der Waals surface area contributed by atoms with Crippen LogP contribution in [0.1, 0.15) is 23.6 Å². The zero-order chi connectivity index (χ0) is 19.9. The van der Waals surface area contributed by atoms with Crippen LogP contribution in [0.15, 0.2) is 60.7 Å². The molecule has 0 aliphatic heterocycles. The van der Waals surface area contributed by atoms with Crippen molar-refractivity contribution >= 4 is 17.3 Å². The Kier molecular flexibility index (Phi) is 6.66. The molecule has 0 heterocycles. The van der Waals surface area contributed by atoms with Gasteiger partial charge in [-0.3, -0.25) is 0 Å². The first-order valence-electron chi connectivity index (χ1n) is 9.21. The van der Waals surface area contributed by atoms with E-state index < -0.39 is 0 Å². The summed E-state index contributed by atoms with van der Waals surface area (Å²) in [5, 5.41) is 13.2. The molecule has 0 saturated carbocycles. The molecule has 4 nitrogen and oxygen atoms in total. The first-order valence-corrected chi connectivity index (χ1v) is 9.59. The Hall–Kier alpha value is -2.85. The largest absolute Gasteiger partial charge is 0.508 e.